The predicted octanol–water partition coefficient (Wildman–Crippen LogP) is 1.17. The van der Waals surface area contributed by atoms with Gasteiger partial charge in [0.1, 0.15) is 0 Å². The van der Waals surface area contributed by atoms with Crippen LogP contribution in [0.25, 0.3) is 0 Å². The number of hydrogen-bond acceptors (Lipinski definition) is 3. The zero-order valence-corrected chi connectivity index (χ0v) is 10.6. The van der Waals surface area contributed by atoms with Crippen LogP contribution in [-0.4, -0.2) is 60.3 Å². The Morgan fingerprint density at radius 1 is 1.00 bits per heavy atom. The van der Waals surface area contributed by atoms with Gasteiger partial charge in [-0.15, -0.1) is 0 Å². The lowest BCUT2D eigenvalue weighted by Gasteiger charge is -2.38. The molecule has 0 amide bonds. The minimum absolute atomic E-state index is 0.0297. The molecule has 2 aliphatic rings. The van der Waals surface area contributed by atoms with Crippen molar-refractivity contribution in [3.63, 3.8) is 0 Å². The summed E-state index contributed by atoms with van der Waals surface area (Å²) in [5.74, 6) is 0.543. The molecule has 1 aliphatic carbocycles. The molecule has 2 rings (SSSR count). The molecular formula is C13H26N2O. The Balaban J connectivity index is 1.73. The zero-order chi connectivity index (χ0) is 11.4. The van der Waals surface area contributed by atoms with Gasteiger partial charge in [-0.1, -0.05) is 19.8 Å². The van der Waals surface area contributed by atoms with Crippen molar-refractivity contribution < 1.29 is 5.11 Å². The van der Waals surface area contributed by atoms with Crippen LogP contribution in [-0.2, 0) is 0 Å². The molecule has 2 fully saturated rings. The average Bonchev–Trinajstić information content (AvgIpc) is 2.33. The van der Waals surface area contributed by atoms with Crippen LogP contribution in [0.3, 0.4) is 0 Å². The fourth-order valence-electron chi connectivity index (χ4n) is 3.02. The fraction of sp³-hybridized carbons (Fsp3) is 1.00. The minimum Gasteiger partial charge on any atom is -0.393 e. The number of piperazine rings is 1. The van der Waals surface area contributed by atoms with E-state index in [4.69, 9.17) is 0 Å². The Labute approximate surface area is 99.4 Å². The van der Waals surface area contributed by atoms with Crippen LogP contribution in [0.5, 0.6) is 0 Å². The van der Waals surface area contributed by atoms with Crippen LogP contribution in [0.4, 0.5) is 0 Å². The van der Waals surface area contributed by atoms with Gasteiger partial charge in [-0.2, -0.15) is 0 Å². The highest BCUT2D eigenvalue weighted by Gasteiger charge is 2.26. The van der Waals surface area contributed by atoms with E-state index < -0.39 is 0 Å². The van der Waals surface area contributed by atoms with Gasteiger partial charge in [0.05, 0.1) is 6.10 Å². The lowest BCUT2D eigenvalue weighted by atomic mass is 9.86. The molecule has 94 valence electrons. The highest BCUT2D eigenvalue weighted by Crippen LogP contribution is 2.25. The third-order valence-electron chi connectivity index (χ3n) is 4.27. The molecule has 0 aromatic carbocycles. The summed E-state index contributed by atoms with van der Waals surface area (Å²) in [4.78, 5) is 5.05. The van der Waals surface area contributed by atoms with E-state index >= 15 is 0 Å². The van der Waals surface area contributed by atoms with Gasteiger partial charge in [-0.25, -0.2) is 0 Å². The Hall–Kier alpha value is -0.120. The second kappa shape index (κ2) is 5.99. The van der Waals surface area contributed by atoms with Crippen LogP contribution in [0.2, 0.25) is 0 Å². The highest BCUT2D eigenvalue weighted by atomic mass is 16.3. The van der Waals surface area contributed by atoms with Crippen molar-refractivity contribution in [2.24, 2.45) is 5.92 Å². The van der Waals surface area contributed by atoms with Gasteiger partial charge in [0, 0.05) is 32.7 Å². The van der Waals surface area contributed by atoms with Gasteiger partial charge < -0.3 is 14.9 Å². The van der Waals surface area contributed by atoms with Gasteiger partial charge in [0.2, 0.25) is 0 Å². The topological polar surface area (TPSA) is 26.7 Å². The van der Waals surface area contributed by atoms with E-state index in [1.165, 1.54) is 52.0 Å². The molecule has 2 atom stereocenters. The molecule has 0 spiro atoms. The highest BCUT2D eigenvalue weighted by molar-refractivity contribution is 4.80. The molecule has 1 N–H and O–H groups in total. The first-order valence-electron chi connectivity index (χ1n) is 6.92. The molecule has 0 bridgehead atoms. The van der Waals surface area contributed by atoms with Crippen molar-refractivity contribution in [3.8, 4) is 0 Å². The first-order chi connectivity index (χ1) is 7.79. The number of nitrogens with zero attached hydrogens (tertiary/aromatic N) is 2. The normalized spacial score (nSPS) is 34.1. The standard InChI is InChI=1S/C13H26N2O/c1-2-14-7-9-15(10-8-14)11-12-5-3-4-6-13(12)16/h12-13,16H,2-11H2,1H3. The summed E-state index contributed by atoms with van der Waals surface area (Å²) in [7, 11) is 0. The molecule has 2 unspecified atom stereocenters. The minimum atomic E-state index is -0.0297. The first kappa shape index (κ1) is 12.3. The largest absolute Gasteiger partial charge is 0.393 e. The van der Waals surface area contributed by atoms with Crippen molar-refractivity contribution in [3.05, 3.63) is 0 Å². The van der Waals surface area contributed by atoms with Crippen LogP contribution >= 0.6 is 0 Å². The van der Waals surface area contributed by atoms with E-state index in [0.29, 0.717) is 5.92 Å². The number of aliphatic hydroxyl groups is 1. The van der Waals surface area contributed by atoms with Crippen LogP contribution in [0, 0.1) is 5.92 Å². The quantitative estimate of drug-likeness (QED) is 0.783. The van der Waals surface area contributed by atoms with Crippen LogP contribution in [0.15, 0.2) is 0 Å². The molecule has 1 heterocycles. The van der Waals surface area contributed by atoms with E-state index in [0.717, 1.165) is 13.0 Å². The van der Waals surface area contributed by atoms with Crippen molar-refractivity contribution >= 4 is 0 Å². The molecule has 0 aromatic rings. The van der Waals surface area contributed by atoms with Gasteiger partial charge >= 0.3 is 0 Å². The third kappa shape index (κ3) is 3.19. The molecule has 16 heavy (non-hydrogen) atoms. The lowest BCUT2D eigenvalue weighted by Crippen LogP contribution is -2.48. The van der Waals surface area contributed by atoms with Crippen molar-refractivity contribution in [1.82, 2.24) is 9.80 Å². The summed E-state index contributed by atoms with van der Waals surface area (Å²) in [6, 6.07) is 0. The van der Waals surface area contributed by atoms with Gasteiger partial charge in [-0.3, -0.25) is 0 Å². The summed E-state index contributed by atoms with van der Waals surface area (Å²) in [5, 5.41) is 9.96. The summed E-state index contributed by atoms with van der Waals surface area (Å²) in [5.41, 5.74) is 0. The fourth-order valence-corrected chi connectivity index (χ4v) is 3.02. The van der Waals surface area contributed by atoms with E-state index in [2.05, 4.69) is 16.7 Å². The molecule has 0 radical (unpaired) electrons. The lowest BCUT2D eigenvalue weighted by molar-refractivity contribution is 0.0335. The van der Waals surface area contributed by atoms with Crippen LogP contribution < -0.4 is 0 Å². The maximum absolute atomic E-state index is 9.96. The first-order valence-corrected chi connectivity index (χ1v) is 6.92. The molecule has 1 saturated carbocycles. The zero-order valence-electron chi connectivity index (χ0n) is 10.6. The van der Waals surface area contributed by atoms with E-state index in [1.807, 2.05) is 0 Å². The molecule has 1 aliphatic heterocycles. The number of aliphatic hydroxyl groups excluding tert-OH is 1. The monoisotopic (exact) mass is 226 g/mol. The van der Waals surface area contributed by atoms with Crippen LogP contribution in [0.1, 0.15) is 32.6 Å². The summed E-state index contributed by atoms with van der Waals surface area (Å²) in [6.45, 7) is 9.34. The maximum atomic E-state index is 9.96. The number of hydrogen-bond donors (Lipinski definition) is 1. The molecule has 1 saturated heterocycles. The van der Waals surface area contributed by atoms with Crippen molar-refractivity contribution in [2.45, 2.75) is 38.7 Å². The summed E-state index contributed by atoms with van der Waals surface area (Å²) >= 11 is 0. The molecule has 0 aromatic heterocycles. The summed E-state index contributed by atoms with van der Waals surface area (Å²) in [6.07, 6.45) is 4.77. The maximum Gasteiger partial charge on any atom is 0.0580 e. The smallest absolute Gasteiger partial charge is 0.0580 e. The van der Waals surface area contributed by atoms with Gasteiger partial charge in [-0.05, 0) is 25.3 Å². The second-order valence-corrected chi connectivity index (χ2v) is 5.35. The predicted molar refractivity (Wildman–Crippen MR) is 66.5 cm³/mol. The van der Waals surface area contributed by atoms with Gasteiger partial charge in [0.25, 0.3) is 0 Å². The molecule has 3 nitrogen and oxygen atoms in total. The third-order valence-corrected chi connectivity index (χ3v) is 4.27. The Morgan fingerprint density at radius 3 is 2.25 bits per heavy atom. The van der Waals surface area contributed by atoms with E-state index in [9.17, 15) is 5.11 Å². The average molecular weight is 226 g/mol. The van der Waals surface area contributed by atoms with Crippen molar-refractivity contribution in [1.29, 1.82) is 0 Å². The Bertz CT molecular complexity index is 202. The number of likely N-dealkylation sites (N-methyl/N-ethyl adjacent to an activating group) is 1. The van der Waals surface area contributed by atoms with Gasteiger partial charge in [0.15, 0.2) is 0 Å². The molecular weight excluding hydrogens is 200 g/mol. The summed E-state index contributed by atoms with van der Waals surface area (Å²) < 4.78 is 0. The van der Waals surface area contributed by atoms with E-state index in [-0.39, 0.29) is 6.10 Å². The molecule has 3 heteroatoms. The Kier molecular flexibility index (Phi) is 4.62. The number of rotatable bonds is 3. The Morgan fingerprint density at radius 2 is 1.62 bits per heavy atom. The van der Waals surface area contributed by atoms with Crippen molar-refractivity contribution in [2.75, 3.05) is 39.3 Å². The second-order valence-electron chi connectivity index (χ2n) is 5.35. The van der Waals surface area contributed by atoms with E-state index in [1.54, 1.807) is 0 Å². The SMILES string of the molecule is CCN1CCN(CC2CCCCC2O)CC1.